The van der Waals surface area contributed by atoms with Crippen molar-refractivity contribution >= 4 is 18.0 Å². The molecule has 0 spiro atoms. The van der Waals surface area contributed by atoms with E-state index in [0.717, 1.165) is 0 Å². The first-order valence-electron chi connectivity index (χ1n) is 8.39. The lowest BCUT2D eigenvalue weighted by atomic mass is 10.1. The van der Waals surface area contributed by atoms with Gasteiger partial charge in [0.2, 0.25) is 5.76 Å². The van der Waals surface area contributed by atoms with Gasteiger partial charge in [0.15, 0.2) is 11.5 Å². The van der Waals surface area contributed by atoms with Gasteiger partial charge in [-0.15, -0.1) is 0 Å². The first-order chi connectivity index (χ1) is 14.0. The number of aromatic carboxylic acids is 1. The van der Waals surface area contributed by atoms with E-state index in [1.807, 2.05) is 0 Å². The predicted molar refractivity (Wildman–Crippen MR) is 99.4 cm³/mol. The lowest BCUT2D eigenvalue weighted by Crippen LogP contribution is -2.11. The van der Waals surface area contributed by atoms with Crippen LogP contribution < -0.4 is 9.47 Å². The van der Waals surface area contributed by atoms with Gasteiger partial charge in [-0.05, 0) is 35.9 Å². The van der Waals surface area contributed by atoms with Gasteiger partial charge in [0.05, 0.1) is 13.7 Å². The van der Waals surface area contributed by atoms with E-state index in [9.17, 15) is 14.9 Å². The maximum Gasteiger partial charge on any atom is 0.371 e. The van der Waals surface area contributed by atoms with E-state index in [0.29, 0.717) is 22.8 Å². The van der Waals surface area contributed by atoms with Crippen LogP contribution in [0.3, 0.4) is 0 Å². The summed E-state index contributed by atoms with van der Waals surface area (Å²) in [4.78, 5) is 22.7. The van der Waals surface area contributed by atoms with Crippen LogP contribution in [0.4, 0.5) is 0 Å². The molecule has 2 rings (SSSR count). The topological polar surface area (TPSA) is 128 Å². The SMILES string of the molecule is COCCOC(=O)C(C#N)=Cc1ccc(OCc2ccc(C(=O)O)o2)c(OC)c1. The maximum absolute atomic E-state index is 11.9. The molecule has 0 unspecified atom stereocenters. The van der Waals surface area contributed by atoms with Crippen molar-refractivity contribution in [1.29, 1.82) is 5.26 Å². The average Bonchev–Trinajstić information content (AvgIpc) is 3.20. The third-order valence-electron chi connectivity index (χ3n) is 3.60. The fraction of sp³-hybridized carbons (Fsp3) is 0.250. The van der Waals surface area contributed by atoms with Crippen LogP contribution in [0, 0.1) is 11.3 Å². The lowest BCUT2D eigenvalue weighted by molar-refractivity contribution is -0.139. The molecule has 2 aromatic rings. The highest BCUT2D eigenvalue weighted by molar-refractivity contribution is 5.98. The van der Waals surface area contributed by atoms with E-state index in [1.165, 1.54) is 32.4 Å². The molecular weight excluding hydrogens is 382 g/mol. The number of carboxylic acid groups (broad SMARTS) is 1. The van der Waals surface area contributed by atoms with Gasteiger partial charge < -0.3 is 28.5 Å². The van der Waals surface area contributed by atoms with E-state index in [2.05, 4.69) is 0 Å². The number of hydrogen-bond acceptors (Lipinski definition) is 8. The van der Waals surface area contributed by atoms with E-state index in [1.54, 1.807) is 24.3 Å². The molecule has 0 fully saturated rings. The summed E-state index contributed by atoms with van der Waals surface area (Å²) < 4.78 is 25.7. The Hall–Kier alpha value is -3.77. The lowest BCUT2D eigenvalue weighted by Gasteiger charge is -2.10. The van der Waals surface area contributed by atoms with E-state index < -0.39 is 11.9 Å². The van der Waals surface area contributed by atoms with Gasteiger partial charge in [-0.2, -0.15) is 5.26 Å². The zero-order chi connectivity index (χ0) is 21.2. The highest BCUT2D eigenvalue weighted by Gasteiger charge is 2.13. The third-order valence-corrected chi connectivity index (χ3v) is 3.60. The molecule has 0 amide bonds. The van der Waals surface area contributed by atoms with Crippen molar-refractivity contribution < 1.29 is 38.1 Å². The Kier molecular flexibility index (Phi) is 7.82. The average molecular weight is 401 g/mol. The number of ether oxygens (including phenoxy) is 4. The molecule has 9 nitrogen and oxygen atoms in total. The first-order valence-corrected chi connectivity index (χ1v) is 8.39. The van der Waals surface area contributed by atoms with Gasteiger partial charge >= 0.3 is 11.9 Å². The zero-order valence-corrected chi connectivity index (χ0v) is 15.8. The summed E-state index contributed by atoms with van der Waals surface area (Å²) in [5.41, 5.74) is 0.356. The van der Waals surface area contributed by atoms with Crippen molar-refractivity contribution in [2.45, 2.75) is 6.61 Å². The number of carboxylic acids is 1. The Morgan fingerprint density at radius 1 is 1.17 bits per heavy atom. The summed E-state index contributed by atoms with van der Waals surface area (Å²) in [6, 6.07) is 9.44. The molecule has 152 valence electrons. The summed E-state index contributed by atoms with van der Waals surface area (Å²) in [6.07, 6.45) is 1.37. The Morgan fingerprint density at radius 3 is 2.59 bits per heavy atom. The number of furan rings is 1. The number of nitriles is 1. The van der Waals surface area contributed by atoms with Gasteiger partial charge in [0, 0.05) is 7.11 Å². The molecule has 1 aromatic heterocycles. The van der Waals surface area contributed by atoms with Crippen molar-refractivity contribution in [2.75, 3.05) is 27.4 Å². The number of methoxy groups -OCH3 is 2. The largest absolute Gasteiger partial charge is 0.493 e. The van der Waals surface area contributed by atoms with Crippen LogP contribution in [0.25, 0.3) is 6.08 Å². The normalized spacial score (nSPS) is 10.9. The minimum Gasteiger partial charge on any atom is -0.493 e. The van der Waals surface area contributed by atoms with Crippen molar-refractivity contribution in [3.05, 3.63) is 53.0 Å². The van der Waals surface area contributed by atoms with Crippen molar-refractivity contribution in [1.82, 2.24) is 0 Å². The summed E-state index contributed by atoms with van der Waals surface area (Å²) in [7, 11) is 2.91. The second-order valence-corrected chi connectivity index (χ2v) is 5.57. The van der Waals surface area contributed by atoms with Crippen LogP contribution in [-0.2, 0) is 20.9 Å². The Balaban J connectivity index is 2.11. The second kappa shape index (κ2) is 10.5. The van der Waals surface area contributed by atoms with Crippen LogP contribution >= 0.6 is 0 Å². The van der Waals surface area contributed by atoms with E-state index >= 15 is 0 Å². The number of carbonyl (C=O) groups is 2. The minimum absolute atomic E-state index is 0.00586. The van der Waals surface area contributed by atoms with Gasteiger partial charge in [-0.1, -0.05) is 6.07 Å². The monoisotopic (exact) mass is 401 g/mol. The number of nitrogens with zero attached hydrogens (tertiary/aromatic N) is 1. The van der Waals surface area contributed by atoms with Gasteiger partial charge in [0.25, 0.3) is 0 Å². The molecule has 29 heavy (non-hydrogen) atoms. The standard InChI is InChI=1S/C20H19NO8/c1-25-7-8-27-20(24)14(11-21)9-13-3-5-16(18(10-13)26-2)28-12-15-4-6-17(29-15)19(22)23/h3-6,9-10H,7-8,12H2,1-2H3,(H,22,23). The van der Waals surface area contributed by atoms with Crippen LogP contribution in [0.15, 0.2) is 40.3 Å². The van der Waals surface area contributed by atoms with Gasteiger partial charge in [0.1, 0.15) is 30.6 Å². The summed E-state index contributed by atoms with van der Waals surface area (Å²) in [5, 5.41) is 18.1. The molecule has 1 aromatic carbocycles. The zero-order valence-electron chi connectivity index (χ0n) is 15.8. The third kappa shape index (κ3) is 6.12. The molecular formula is C20H19NO8. The molecule has 9 heteroatoms. The highest BCUT2D eigenvalue weighted by atomic mass is 16.6. The fourth-order valence-corrected chi connectivity index (χ4v) is 2.21. The minimum atomic E-state index is -1.17. The predicted octanol–water partition coefficient (Wildman–Crippen LogP) is 2.66. The molecule has 1 heterocycles. The van der Waals surface area contributed by atoms with Crippen molar-refractivity contribution in [3.63, 3.8) is 0 Å². The van der Waals surface area contributed by atoms with Crippen LogP contribution in [0.2, 0.25) is 0 Å². The Labute approximate surface area is 166 Å². The number of rotatable bonds is 10. The molecule has 0 atom stereocenters. The van der Waals surface area contributed by atoms with E-state index in [-0.39, 0.29) is 31.2 Å². The molecule has 0 bridgehead atoms. The van der Waals surface area contributed by atoms with Gasteiger partial charge in [-0.3, -0.25) is 0 Å². The van der Waals surface area contributed by atoms with Crippen LogP contribution in [0.1, 0.15) is 21.9 Å². The van der Waals surface area contributed by atoms with Crippen molar-refractivity contribution in [2.24, 2.45) is 0 Å². The second-order valence-electron chi connectivity index (χ2n) is 5.57. The Morgan fingerprint density at radius 2 is 1.97 bits per heavy atom. The van der Waals surface area contributed by atoms with E-state index in [4.69, 9.17) is 28.5 Å². The smallest absolute Gasteiger partial charge is 0.371 e. The Bertz CT molecular complexity index is 938. The molecule has 0 saturated heterocycles. The number of carbonyl (C=O) groups excluding carboxylic acids is 1. The molecule has 0 aliphatic rings. The fourth-order valence-electron chi connectivity index (χ4n) is 2.21. The number of benzene rings is 1. The van der Waals surface area contributed by atoms with Crippen LogP contribution in [0.5, 0.6) is 11.5 Å². The summed E-state index contributed by atoms with van der Waals surface area (Å²) in [5.74, 6) is -1.04. The quantitative estimate of drug-likeness (QED) is 0.276. The summed E-state index contributed by atoms with van der Waals surface area (Å²) in [6.45, 7) is 0.267. The van der Waals surface area contributed by atoms with Crippen molar-refractivity contribution in [3.8, 4) is 17.6 Å². The number of esters is 1. The first kappa shape index (κ1) is 21.5. The molecule has 0 radical (unpaired) electrons. The molecule has 1 N–H and O–H groups in total. The molecule has 0 saturated carbocycles. The molecule has 0 aliphatic heterocycles. The number of hydrogen-bond donors (Lipinski definition) is 1. The van der Waals surface area contributed by atoms with Gasteiger partial charge in [-0.25, -0.2) is 9.59 Å². The summed E-state index contributed by atoms with van der Waals surface area (Å²) >= 11 is 0. The highest BCUT2D eigenvalue weighted by Crippen LogP contribution is 2.30. The maximum atomic E-state index is 11.9. The van der Waals surface area contributed by atoms with Crippen LogP contribution in [-0.4, -0.2) is 44.5 Å². The molecule has 0 aliphatic carbocycles.